The Hall–Kier alpha value is -3.73. The molecule has 6 rings (SSSR count). The zero-order chi connectivity index (χ0) is 27.6. The molecule has 0 fully saturated rings. The van der Waals surface area contributed by atoms with Crippen molar-refractivity contribution < 1.29 is 4.11 Å². The van der Waals surface area contributed by atoms with Crippen LogP contribution in [-0.2, 0) is 0 Å². The van der Waals surface area contributed by atoms with E-state index in [0.717, 1.165) is 28.6 Å². The number of hydrogen-bond acceptors (Lipinski definition) is 4. The van der Waals surface area contributed by atoms with Crippen molar-refractivity contribution in [1.29, 1.82) is 0 Å². The monoisotopic (exact) mass is 475 g/mol. The molecular formula is C31H33BN4. The van der Waals surface area contributed by atoms with Gasteiger partial charge in [0.05, 0.1) is 22.7 Å². The molecule has 180 valence electrons. The van der Waals surface area contributed by atoms with E-state index in [2.05, 4.69) is 109 Å². The van der Waals surface area contributed by atoms with Crippen LogP contribution in [0.15, 0.2) is 79.0 Å². The molecular weight excluding hydrogens is 439 g/mol. The van der Waals surface area contributed by atoms with Crippen LogP contribution in [-0.4, -0.2) is 12.1 Å². The van der Waals surface area contributed by atoms with Crippen molar-refractivity contribution in [3.05, 3.63) is 101 Å². The Morgan fingerprint density at radius 2 is 1.22 bits per heavy atom. The van der Waals surface area contributed by atoms with E-state index in [9.17, 15) is 0 Å². The lowest BCUT2D eigenvalue weighted by Gasteiger charge is -2.35. The molecule has 0 atom stereocenters. The average molecular weight is 475 g/mol. The molecule has 5 heteroatoms. The summed E-state index contributed by atoms with van der Waals surface area (Å²) in [6.07, 6.45) is 1.52. The third kappa shape index (κ3) is 3.26. The normalized spacial score (nSPS) is 15.7. The van der Waals surface area contributed by atoms with Crippen LogP contribution in [0.1, 0.15) is 65.9 Å². The summed E-state index contributed by atoms with van der Waals surface area (Å²) in [7, 11) is -0.234. The second-order valence-electron chi connectivity index (χ2n) is 10.4. The molecule has 4 nitrogen and oxygen atoms in total. The quantitative estimate of drug-likeness (QED) is 0.277. The van der Waals surface area contributed by atoms with Crippen molar-refractivity contribution >= 4 is 41.4 Å². The molecule has 0 saturated carbocycles. The first kappa shape index (κ1) is 19.5. The van der Waals surface area contributed by atoms with E-state index in [1.165, 1.54) is 23.0 Å². The van der Waals surface area contributed by atoms with Crippen molar-refractivity contribution in [2.75, 3.05) is 14.4 Å². The third-order valence-corrected chi connectivity index (χ3v) is 7.42. The largest absolute Gasteiger partial charge is 0.520 e. The van der Waals surface area contributed by atoms with E-state index < -0.39 is 6.85 Å². The van der Waals surface area contributed by atoms with Crippen LogP contribution < -0.4 is 14.4 Å². The maximum absolute atomic E-state index is 7.95. The number of aromatic nitrogens is 1. The van der Waals surface area contributed by atoms with Gasteiger partial charge in [0, 0.05) is 16.0 Å². The maximum Gasteiger partial charge on any atom is 0.520 e. The minimum atomic E-state index is -2.21. The number of benzene rings is 3. The number of para-hydroxylation sites is 5. The highest BCUT2D eigenvalue weighted by atomic mass is 15.5. The van der Waals surface area contributed by atoms with Gasteiger partial charge in [-0.3, -0.25) is 0 Å². The van der Waals surface area contributed by atoms with Crippen molar-refractivity contribution in [3.63, 3.8) is 0 Å². The second-order valence-corrected chi connectivity index (χ2v) is 10.4. The summed E-state index contributed by atoms with van der Waals surface area (Å²) >= 11 is 0. The van der Waals surface area contributed by atoms with E-state index in [0.29, 0.717) is 17.4 Å². The van der Waals surface area contributed by atoms with Gasteiger partial charge in [-0.05, 0) is 78.2 Å². The van der Waals surface area contributed by atoms with E-state index in [-0.39, 0.29) is 12.7 Å². The molecule has 0 aliphatic carbocycles. The first-order chi connectivity index (χ1) is 18.6. The smallest absolute Gasteiger partial charge is 0.343 e. The lowest BCUT2D eigenvalue weighted by atomic mass is 9.82. The number of aryl methyl sites for hydroxylation is 2. The van der Waals surface area contributed by atoms with Crippen molar-refractivity contribution in [2.24, 2.45) is 0 Å². The van der Waals surface area contributed by atoms with Gasteiger partial charge in [0.25, 0.3) is 0 Å². The summed E-state index contributed by atoms with van der Waals surface area (Å²) in [5, 5.41) is 0. The fraction of sp³-hybridized carbons (Fsp3) is 0.258. The Bertz CT molecular complexity index is 1540. The number of nitrogens with zero attached hydrogens (tertiary/aromatic N) is 4. The zero-order valence-electron chi connectivity index (χ0n) is 24.5. The van der Waals surface area contributed by atoms with Crippen molar-refractivity contribution in [2.45, 2.75) is 53.3 Å². The summed E-state index contributed by atoms with van der Waals surface area (Å²) in [6, 6.07) is 25.6. The Morgan fingerprint density at radius 1 is 0.694 bits per heavy atom. The number of pyridine rings is 1. The van der Waals surface area contributed by atoms with Gasteiger partial charge >= 0.3 is 7.12 Å². The number of fused-ring (bicyclic) bond motifs is 5. The van der Waals surface area contributed by atoms with E-state index in [1.54, 1.807) is 0 Å². The first-order valence-corrected chi connectivity index (χ1v) is 12.7. The standard InChI is InChI=1S/C31H33BN4/c1-20(2)24-12-11-13-25(21(3)4)31(24)36-29-17-10-8-15-27(29)34-26-14-7-9-16-28(26)35(32(34)36)30-18-22(5)23(6)19-33-30/h7-21H,1-6H3/i6D3. The first-order valence-electron chi connectivity index (χ1n) is 14.2. The third-order valence-electron chi connectivity index (χ3n) is 7.42. The number of anilines is 6. The summed E-state index contributed by atoms with van der Waals surface area (Å²) in [5.74, 6) is 1.39. The minimum Gasteiger partial charge on any atom is -0.343 e. The molecule has 1 aromatic heterocycles. The molecule has 0 amide bonds. The topological polar surface area (TPSA) is 22.6 Å². The fourth-order valence-electron chi connectivity index (χ4n) is 5.66. The lowest BCUT2D eigenvalue weighted by molar-refractivity contribution is 0.833. The van der Waals surface area contributed by atoms with Crippen molar-refractivity contribution in [3.8, 4) is 0 Å². The summed E-state index contributed by atoms with van der Waals surface area (Å²) in [4.78, 5) is 11.9. The molecule has 3 heterocycles. The molecule has 0 radical (unpaired) electrons. The maximum atomic E-state index is 7.95. The van der Waals surface area contributed by atoms with Crippen LogP contribution in [0, 0.1) is 13.8 Å². The summed E-state index contributed by atoms with van der Waals surface area (Å²) < 4.78 is 23.9. The van der Waals surface area contributed by atoms with E-state index >= 15 is 0 Å². The molecule has 2 aliphatic rings. The van der Waals surface area contributed by atoms with E-state index in [4.69, 9.17) is 9.10 Å². The van der Waals surface area contributed by atoms with Gasteiger partial charge in [-0.1, -0.05) is 70.2 Å². The number of rotatable bonds is 4. The Labute approximate surface area is 219 Å². The Balaban J connectivity index is 1.64. The number of hydrogen-bond donors (Lipinski definition) is 0. The van der Waals surface area contributed by atoms with Gasteiger partial charge in [0.2, 0.25) is 0 Å². The second kappa shape index (κ2) is 8.44. The van der Waals surface area contributed by atoms with Gasteiger partial charge < -0.3 is 14.4 Å². The van der Waals surface area contributed by atoms with Crippen LogP contribution in [0.4, 0.5) is 34.3 Å². The van der Waals surface area contributed by atoms with Crippen LogP contribution in [0.3, 0.4) is 0 Å². The highest BCUT2D eigenvalue weighted by Crippen LogP contribution is 2.57. The van der Waals surface area contributed by atoms with Gasteiger partial charge in [-0.25, -0.2) is 4.98 Å². The molecule has 2 aliphatic heterocycles. The predicted molar refractivity (Wildman–Crippen MR) is 153 cm³/mol. The molecule has 0 N–H and O–H groups in total. The van der Waals surface area contributed by atoms with Gasteiger partial charge in [-0.15, -0.1) is 0 Å². The summed E-state index contributed by atoms with van der Waals surface area (Å²) in [5.41, 5.74) is 9.27. The van der Waals surface area contributed by atoms with Gasteiger partial charge in [-0.2, -0.15) is 0 Å². The SMILES string of the molecule is [2H]C([2H])([2H])c1cnc(N2B3N(c4ccccc42)c2ccccc2N3c2c(C(C)C)cccc2C(C)C)cc1C. The van der Waals surface area contributed by atoms with Crippen LogP contribution >= 0.6 is 0 Å². The molecule has 0 bridgehead atoms. The average Bonchev–Trinajstić information content (AvgIpc) is 3.40. The van der Waals surface area contributed by atoms with Crippen LogP contribution in [0.2, 0.25) is 0 Å². The molecule has 36 heavy (non-hydrogen) atoms. The highest BCUT2D eigenvalue weighted by molar-refractivity contribution is 6.80. The van der Waals surface area contributed by atoms with Crippen molar-refractivity contribution in [1.82, 2.24) is 4.98 Å². The Kier molecular flexibility index (Phi) is 4.56. The minimum absolute atomic E-state index is 0.234. The summed E-state index contributed by atoms with van der Waals surface area (Å²) in [6.45, 7) is 8.66. The molecule has 4 aromatic rings. The highest BCUT2D eigenvalue weighted by Gasteiger charge is 2.54. The van der Waals surface area contributed by atoms with Crippen LogP contribution in [0.25, 0.3) is 0 Å². The molecule has 3 aromatic carbocycles. The predicted octanol–water partition coefficient (Wildman–Crippen LogP) is 8.37. The van der Waals surface area contributed by atoms with E-state index in [1.807, 2.05) is 13.0 Å². The zero-order valence-corrected chi connectivity index (χ0v) is 21.5. The van der Waals surface area contributed by atoms with Gasteiger partial charge in [0.1, 0.15) is 5.82 Å². The Morgan fingerprint density at radius 3 is 1.72 bits per heavy atom. The lowest BCUT2D eigenvalue weighted by Crippen LogP contribution is -2.52. The van der Waals surface area contributed by atoms with Crippen LogP contribution in [0.5, 0.6) is 0 Å². The molecule has 0 unspecified atom stereocenters. The van der Waals surface area contributed by atoms with Gasteiger partial charge in [0.15, 0.2) is 0 Å². The fourth-order valence-corrected chi connectivity index (χ4v) is 5.66. The molecule has 0 saturated heterocycles. The molecule has 0 spiro atoms.